The number of likely N-dealkylation sites (N-methyl/N-ethyl adjacent to an activating group) is 1. The summed E-state index contributed by atoms with van der Waals surface area (Å²) < 4.78 is 6.07. The lowest BCUT2D eigenvalue weighted by Crippen LogP contribution is -2.35. The predicted molar refractivity (Wildman–Crippen MR) is 91.6 cm³/mol. The molecule has 3 atom stereocenters. The van der Waals surface area contributed by atoms with Gasteiger partial charge in [0.1, 0.15) is 0 Å². The van der Waals surface area contributed by atoms with E-state index in [0.29, 0.717) is 6.04 Å². The average Bonchev–Trinajstić information content (AvgIpc) is 2.54. The Morgan fingerprint density at radius 1 is 1.10 bits per heavy atom. The first kappa shape index (κ1) is 18.2. The molecular formula is C19H33NO. The highest BCUT2D eigenvalue weighted by Gasteiger charge is 2.24. The molecule has 1 aromatic carbocycles. The number of ether oxygens (including phenoxy) is 1. The van der Waals surface area contributed by atoms with Gasteiger partial charge in [-0.05, 0) is 31.9 Å². The molecule has 0 radical (unpaired) electrons. The maximum absolute atomic E-state index is 6.07. The van der Waals surface area contributed by atoms with Crippen LogP contribution in [-0.4, -0.2) is 19.7 Å². The van der Waals surface area contributed by atoms with E-state index < -0.39 is 0 Å². The van der Waals surface area contributed by atoms with Crippen LogP contribution in [-0.2, 0) is 4.74 Å². The highest BCUT2D eigenvalue weighted by Crippen LogP contribution is 2.28. The van der Waals surface area contributed by atoms with Gasteiger partial charge in [0.2, 0.25) is 0 Å². The van der Waals surface area contributed by atoms with E-state index in [-0.39, 0.29) is 6.10 Å². The second-order valence-corrected chi connectivity index (χ2v) is 5.83. The molecule has 0 amide bonds. The van der Waals surface area contributed by atoms with Crippen molar-refractivity contribution in [2.24, 2.45) is 5.92 Å². The van der Waals surface area contributed by atoms with Crippen molar-refractivity contribution in [3.63, 3.8) is 0 Å². The molecule has 0 heterocycles. The minimum Gasteiger partial charge on any atom is -0.372 e. The molecule has 0 aliphatic carbocycles. The molecule has 2 nitrogen and oxygen atoms in total. The van der Waals surface area contributed by atoms with Crippen LogP contribution in [0.1, 0.15) is 64.5 Å². The SMILES string of the molecule is CCCCC(CC)CC(NC)C(OCC)c1ccccc1. The fourth-order valence-electron chi connectivity index (χ4n) is 3.00. The zero-order valence-corrected chi connectivity index (χ0v) is 14.3. The van der Waals surface area contributed by atoms with Crippen LogP contribution in [0, 0.1) is 5.92 Å². The second kappa shape index (κ2) is 10.8. The molecule has 1 N–H and O–H groups in total. The van der Waals surface area contributed by atoms with E-state index in [1.165, 1.54) is 37.7 Å². The van der Waals surface area contributed by atoms with Crippen molar-refractivity contribution < 1.29 is 4.74 Å². The number of hydrogen-bond donors (Lipinski definition) is 1. The molecule has 1 rings (SSSR count). The van der Waals surface area contributed by atoms with Gasteiger partial charge < -0.3 is 10.1 Å². The molecule has 0 bridgehead atoms. The summed E-state index contributed by atoms with van der Waals surface area (Å²) >= 11 is 0. The molecule has 0 aliphatic rings. The average molecular weight is 291 g/mol. The van der Waals surface area contributed by atoms with Gasteiger partial charge in [-0.2, -0.15) is 0 Å². The monoisotopic (exact) mass is 291 g/mol. The van der Waals surface area contributed by atoms with Gasteiger partial charge >= 0.3 is 0 Å². The van der Waals surface area contributed by atoms with Crippen LogP contribution in [0.4, 0.5) is 0 Å². The first-order chi connectivity index (χ1) is 10.3. The van der Waals surface area contributed by atoms with Gasteiger partial charge in [-0.25, -0.2) is 0 Å². The lowest BCUT2D eigenvalue weighted by atomic mass is 9.88. The van der Waals surface area contributed by atoms with Crippen LogP contribution in [0.3, 0.4) is 0 Å². The second-order valence-electron chi connectivity index (χ2n) is 5.83. The first-order valence-electron chi connectivity index (χ1n) is 8.60. The Hall–Kier alpha value is -0.860. The van der Waals surface area contributed by atoms with Crippen molar-refractivity contribution in [1.82, 2.24) is 5.32 Å². The molecule has 0 fully saturated rings. The van der Waals surface area contributed by atoms with E-state index in [1.807, 2.05) is 0 Å². The van der Waals surface area contributed by atoms with Gasteiger partial charge in [-0.3, -0.25) is 0 Å². The van der Waals surface area contributed by atoms with Gasteiger partial charge in [-0.15, -0.1) is 0 Å². The third kappa shape index (κ3) is 6.19. The summed E-state index contributed by atoms with van der Waals surface area (Å²) in [5.74, 6) is 0.786. The summed E-state index contributed by atoms with van der Waals surface area (Å²) in [5.41, 5.74) is 1.28. The normalized spacial score (nSPS) is 15.6. The van der Waals surface area contributed by atoms with Crippen LogP contribution >= 0.6 is 0 Å². The topological polar surface area (TPSA) is 21.3 Å². The predicted octanol–water partition coefficient (Wildman–Crippen LogP) is 4.96. The lowest BCUT2D eigenvalue weighted by Gasteiger charge is -2.30. The summed E-state index contributed by atoms with van der Waals surface area (Å²) in [7, 11) is 2.06. The third-order valence-electron chi connectivity index (χ3n) is 4.34. The molecule has 21 heavy (non-hydrogen) atoms. The highest BCUT2D eigenvalue weighted by molar-refractivity contribution is 5.19. The van der Waals surface area contributed by atoms with E-state index in [2.05, 4.69) is 63.5 Å². The van der Waals surface area contributed by atoms with E-state index in [4.69, 9.17) is 4.74 Å². The molecule has 2 heteroatoms. The van der Waals surface area contributed by atoms with Crippen LogP contribution in [0.2, 0.25) is 0 Å². The largest absolute Gasteiger partial charge is 0.372 e. The summed E-state index contributed by atoms with van der Waals surface area (Å²) in [6, 6.07) is 11.0. The first-order valence-corrected chi connectivity index (χ1v) is 8.60. The Labute approximate surface area is 131 Å². The molecule has 0 aliphatic heterocycles. The van der Waals surface area contributed by atoms with E-state index in [1.54, 1.807) is 0 Å². The van der Waals surface area contributed by atoms with Crippen molar-refractivity contribution in [3.05, 3.63) is 35.9 Å². The van der Waals surface area contributed by atoms with Gasteiger partial charge in [0.15, 0.2) is 0 Å². The Kier molecular flexibility index (Phi) is 9.36. The third-order valence-corrected chi connectivity index (χ3v) is 4.34. The smallest absolute Gasteiger partial charge is 0.0977 e. The van der Waals surface area contributed by atoms with Crippen LogP contribution in [0.5, 0.6) is 0 Å². The minimum atomic E-state index is 0.150. The van der Waals surface area contributed by atoms with E-state index >= 15 is 0 Å². The number of benzene rings is 1. The molecule has 0 saturated heterocycles. The maximum atomic E-state index is 6.07. The molecular weight excluding hydrogens is 258 g/mol. The fourth-order valence-corrected chi connectivity index (χ4v) is 3.00. The molecule has 3 unspecified atom stereocenters. The van der Waals surface area contributed by atoms with Crippen LogP contribution in [0.25, 0.3) is 0 Å². The summed E-state index contributed by atoms with van der Waals surface area (Å²) in [6.45, 7) is 7.42. The van der Waals surface area contributed by atoms with Gasteiger partial charge in [0.05, 0.1) is 6.10 Å². The molecule has 0 spiro atoms. The van der Waals surface area contributed by atoms with E-state index in [9.17, 15) is 0 Å². The minimum absolute atomic E-state index is 0.150. The number of hydrogen-bond acceptors (Lipinski definition) is 2. The quantitative estimate of drug-likeness (QED) is 0.622. The van der Waals surface area contributed by atoms with Crippen LogP contribution < -0.4 is 5.32 Å². The lowest BCUT2D eigenvalue weighted by molar-refractivity contribution is 0.0277. The van der Waals surface area contributed by atoms with Crippen molar-refractivity contribution >= 4 is 0 Å². The Bertz CT molecular complexity index is 352. The van der Waals surface area contributed by atoms with Crippen molar-refractivity contribution in [2.75, 3.05) is 13.7 Å². The molecule has 1 aromatic rings. The number of rotatable bonds is 11. The summed E-state index contributed by atoms with van der Waals surface area (Å²) in [4.78, 5) is 0. The van der Waals surface area contributed by atoms with Gasteiger partial charge in [-0.1, -0.05) is 69.9 Å². The zero-order chi connectivity index (χ0) is 15.5. The van der Waals surface area contributed by atoms with Crippen molar-refractivity contribution in [1.29, 1.82) is 0 Å². The number of nitrogens with one attached hydrogen (secondary N) is 1. The molecule has 0 saturated carbocycles. The van der Waals surface area contributed by atoms with Gasteiger partial charge in [0.25, 0.3) is 0 Å². The highest BCUT2D eigenvalue weighted by atomic mass is 16.5. The Morgan fingerprint density at radius 2 is 1.81 bits per heavy atom. The molecule has 120 valence electrons. The van der Waals surface area contributed by atoms with E-state index in [0.717, 1.165) is 12.5 Å². The zero-order valence-electron chi connectivity index (χ0n) is 14.3. The number of unbranched alkanes of at least 4 members (excludes halogenated alkanes) is 1. The Balaban J connectivity index is 2.77. The molecule has 0 aromatic heterocycles. The van der Waals surface area contributed by atoms with Crippen molar-refractivity contribution in [2.45, 2.75) is 65.0 Å². The standard InChI is InChI=1S/C19H33NO/c1-5-8-12-16(6-2)15-18(20-4)19(21-7-3)17-13-10-9-11-14-17/h9-11,13-14,16,18-20H,5-8,12,15H2,1-4H3. The summed E-state index contributed by atoms with van der Waals surface area (Å²) in [5, 5.41) is 3.50. The van der Waals surface area contributed by atoms with Gasteiger partial charge in [0, 0.05) is 12.6 Å². The van der Waals surface area contributed by atoms with Crippen LogP contribution in [0.15, 0.2) is 30.3 Å². The maximum Gasteiger partial charge on any atom is 0.0977 e. The Morgan fingerprint density at radius 3 is 2.33 bits per heavy atom. The van der Waals surface area contributed by atoms with Crippen molar-refractivity contribution in [3.8, 4) is 0 Å². The summed E-state index contributed by atoms with van der Waals surface area (Å²) in [6.07, 6.45) is 6.54. The fraction of sp³-hybridized carbons (Fsp3) is 0.684.